The Bertz CT molecular complexity index is 1340. The van der Waals surface area contributed by atoms with Gasteiger partial charge in [0, 0.05) is 6.54 Å². The van der Waals surface area contributed by atoms with Crippen molar-refractivity contribution in [1.82, 2.24) is 14.9 Å². The number of nitrogens with zero attached hydrogens (tertiary/aromatic N) is 2. The van der Waals surface area contributed by atoms with E-state index in [1.165, 1.54) is 17.3 Å². The second-order valence-corrected chi connectivity index (χ2v) is 8.76. The van der Waals surface area contributed by atoms with Crippen molar-refractivity contribution >= 4 is 28.6 Å². The normalized spacial score (nSPS) is 11.0. The molecule has 0 atom stereocenters. The van der Waals surface area contributed by atoms with Crippen molar-refractivity contribution in [2.75, 3.05) is 5.75 Å². The maximum Gasteiger partial charge on any atom is 0.266 e. The molecule has 0 bridgehead atoms. The van der Waals surface area contributed by atoms with Gasteiger partial charge in [-0.3, -0.25) is 14.2 Å². The van der Waals surface area contributed by atoms with Crippen molar-refractivity contribution in [3.8, 4) is 5.69 Å². The molecule has 1 amide bonds. The zero-order chi connectivity index (χ0) is 22.7. The lowest BCUT2D eigenvalue weighted by Crippen LogP contribution is -2.26. The summed E-state index contributed by atoms with van der Waals surface area (Å²) in [7, 11) is 0. The Morgan fingerprint density at radius 3 is 2.50 bits per heavy atom. The first-order chi connectivity index (χ1) is 15.4. The molecule has 32 heavy (non-hydrogen) atoms. The lowest BCUT2D eigenvalue weighted by atomic mass is 10.1. The molecule has 1 aromatic heterocycles. The molecule has 0 aliphatic carbocycles. The first-order valence-corrected chi connectivity index (χ1v) is 11.5. The Hall–Kier alpha value is -3.38. The van der Waals surface area contributed by atoms with Crippen LogP contribution >= 0.6 is 11.8 Å². The van der Waals surface area contributed by atoms with Gasteiger partial charge >= 0.3 is 0 Å². The van der Waals surface area contributed by atoms with Crippen LogP contribution in [0.1, 0.15) is 22.3 Å². The van der Waals surface area contributed by atoms with E-state index in [1.54, 1.807) is 10.6 Å². The molecule has 0 saturated carbocycles. The quantitative estimate of drug-likeness (QED) is 0.346. The highest BCUT2D eigenvalue weighted by molar-refractivity contribution is 7.99. The van der Waals surface area contributed by atoms with Crippen LogP contribution in [0.3, 0.4) is 0 Å². The Labute approximate surface area is 191 Å². The van der Waals surface area contributed by atoms with E-state index in [2.05, 4.69) is 5.32 Å². The molecule has 6 heteroatoms. The van der Waals surface area contributed by atoms with E-state index in [9.17, 15) is 9.59 Å². The second kappa shape index (κ2) is 9.40. The minimum absolute atomic E-state index is 0.106. The predicted octanol–water partition coefficient (Wildman–Crippen LogP) is 4.72. The standard InChI is InChI=1S/C26H25N3O2S/c1-17-11-13-20(14-12-17)15-27-24(30)16-32-26-28-22-9-5-4-8-21(22)25(31)29(26)23-10-6-7-18(2)19(23)3/h4-14H,15-16H2,1-3H3,(H,27,30). The van der Waals surface area contributed by atoms with E-state index in [-0.39, 0.29) is 17.2 Å². The Morgan fingerprint density at radius 1 is 0.969 bits per heavy atom. The average Bonchev–Trinajstić information content (AvgIpc) is 2.80. The molecule has 4 rings (SSSR count). The number of carbonyl (C=O) groups is 1. The van der Waals surface area contributed by atoms with Crippen LogP contribution in [0.5, 0.6) is 0 Å². The Kier molecular flexibility index (Phi) is 6.42. The van der Waals surface area contributed by atoms with Gasteiger partial charge in [0.1, 0.15) is 0 Å². The van der Waals surface area contributed by atoms with Gasteiger partial charge in [-0.15, -0.1) is 0 Å². The van der Waals surface area contributed by atoms with E-state index in [4.69, 9.17) is 4.98 Å². The summed E-state index contributed by atoms with van der Waals surface area (Å²) in [5.74, 6) is 0.0621. The number of amides is 1. The molecule has 0 radical (unpaired) electrons. The average molecular weight is 444 g/mol. The molecule has 0 aliphatic rings. The number of fused-ring (bicyclic) bond motifs is 1. The number of nitrogens with one attached hydrogen (secondary N) is 1. The number of hydrogen-bond acceptors (Lipinski definition) is 4. The summed E-state index contributed by atoms with van der Waals surface area (Å²) >= 11 is 1.27. The number of thioether (sulfide) groups is 1. The summed E-state index contributed by atoms with van der Waals surface area (Å²) in [5, 5.41) is 4.01. The SMILES string of the molecule is Cc1ccc(CNC(=O)CSc2nc3ccccc3c(=O)n2-c2cccc(C)c2C)cc1. The zero-order valence-electron chi connectivity index (χ0n) is 18.4. The van der Waals surface area contributed by atoms with Crippen LogP contribution in [0.15, 0.2) is 76.7 Å². The van der Waals surface area contributed by atoms with E-state index in [0.717, 1.165) is 22.4 Å². The van der Waals surface area contributed by atoms with Crippen LogP contribution < -0.4 is 10.9 Å². The molecule has 0 fully saturated rings. The van der Waals surface area contributed by atoms with Crippen LogP contribution in [-0.2, 0) is 11.3 Å². The van der Waals surface area contributed by atoms with Gasteiger partial charge in [-0.1, -0.05) is 65.9 Å². The molecule has 0 unspecified atom stereocenters. The minimum Gasteiger partial charge on any atom is -0.351 e. The fourth-order valence-electron chi connectivity index (χ4n) is 3.49. The minimum atomic E-state index is -0.133. The summed E-state index contributed by atoms with van der Waals surface area (Å²) < 4.78 is 1.63. The smallest absolute Gasteiger partial charge is 0.266 e. The molecule has 4 aromatic rings. The van der Waals surface area contributed by atoms with Gasteiger partial charge < -0.3 is 5.32 Å². The molecule has 0 spiro atoms. The van der Waals surface area contributed by atoms with E-state index < -0.39 is 0 Å². The number of aryl methyl sites for hydroxylation is 2. The summed E-state index contributed by atoms with van der Waals surface area (Å²) in [4.78, 5) is 30.7. The van der Waals surface area contributed by atoms with Gasteiger partial charge in [0.25, 0.3) is 5.56 Å². The monoisotopic (exact) mass is 443 g/mol. The zero-order valence-corrected chi connectivity index (χ0v) is 19.2. The number of benzene rings is 3. The van der Waals surface area contributed by atoms with Gasteiger partial charge in [0.2, 0.25) is 5.91 Å². The van der Waals surface area contributed by atoms with Crippen LogP contribution in [0, 0.1) is 20.8 Å². The molecule has 1 N–H and O–H groups in total. The van der Waals surface area contributed by atoms with Gasteiger partial charge in [-0.05, 0) is 55.7 Å². The predicted molar refractivity (Wildman–Crippen MR) is 131 cm³/mol. The largest absolute Gasteiger partial charge is 0.351 e. The number of para-hydroxylation sites is 1. The van der Waals surface area contributed by atoms with Crippen molar-refractivity contribution in [2.24, 2.45) is 0 Å². The maximum atomic E-state index is 13.4. The third-order valence-electron chi connectivity index (χ3n) is 5.50. The van der Waals surface area contributed by atoms with Crippen LogP contribution in [0.4, 0.5) is 0 Å². The summed E-state index contributed by atoms with van der Waals surface area (Å²) in [6.07, 6.45) is 0. The number of rotatable bonds is 6. The Morgan fingerprint density at radius 2 is 1.72 bits per heavy atom. The molecule has 0 saturated heterocycles. The van der Waals surface area contributed by atoms with Crippen molar-refractivity contribution in [1.29, 1.82) is 0 Å². The molecule has 1 heterocycles. The first kappa shape index (κ1) is 21.8. The third kappa shape index (κ3) is 4.60. The van der Waals surface area contributed by atoms with Crippen molar-refractivity contribution in [3.63, 3.8) is 0 Å². The van der Waals surface area contributed by atoms with Crippen molar-refractivity contribution in [2.45, 2.75) is 32.5 Å². The van der Waals surface area contributed by atoms with Crippen LogP contribution in [0.25, 0.3) is 16.6 Å². The van der Waals surface area contributed by atoms with Gasteiger partial charge in [0.05, 0.1) is 22.3 Å². The Balaban J connectivity index is 1.62. The highest BCUT2D eigenvalue weighted by atomic mass is 32.2. The lowest BCUT2D eigenvalue weighted by Gasteiger charge is -2.16. The lowest BCUT2D eigenvalue weighted by molar-refractivity contribution is -0.118. The molecule has 0 aliphatic heterocycles. The van der Waals surface area contributed by atoms with Crippen molar-refractivity contribution < 1.29 is 4.79 Å². The van der Waals surface area contributed by atoms with Crippen LogP contribution in [0.2, 0.25) is 0 Å². The highest BCUT2D eigenvalue weighted by Gasteiger charge is 2.16. The molecule has 5 nitrogen and oxygen atoms in total. The van der Waals surface area contributed by atoms with Crippen LogP contribution in [-0.4, -0.2) is 21.2 Å². The number of hydrogen-bond donors (Lipinski definition) is 1. The van der Waals surface area contributed by atoms with E-state index >= 15 is 0 Å². The fourth-order valence-corrected chi connectivity index (χ4v) is 4.32. The highest BCUT2D eigenvalue weighted by Crippen LogP contribution is 2.24. The van der Waals surface area contributed by atoms with Gasteiger partial charge in [-0.25, -0.2) is 4.98 Å². The van der Waals surface area contributed by atoms with Gasteiger partial charge in [-0.2, -0.15) is 0 Å². The summed E-state index contributed by atoms with van der Waals surface area (Å²) in [6, 6.07) is 21.2. The second-order valence-electron chi connectivity index (χ2n) is 7.82. The van der Waals surface area contributed by atoms with Crippen molar-refractivity contribution in [3.05, 3.63) is 99.3 Å². The van der Waals surface area contributed by atoms with E-state index in [1.807, 2.05) is 81.4 Å². The summed E-state index contributed by atoms with van der Waals surface area (Å²) in [5.41, 5.74) is 5.61. The number of aromatic nitrogens is 2. The maximum absolute atomic E-state index is 13.4. The topological polar surface area (TPSA) is 64.0 Å². The molecular formula is C26H25N3O2S. The number of carbonyl (C=O) groups excluding carboxylic acids is 1. The molecule has 3 aromatic carbocycles. The molecular weight excluding hydrogens is 418 g/mol. The first-order valence-electron chi connectivity index (χ1n) is 10.5. The third-order valence-corrected chi connectivity index (χ3v) is 6.44. The fraction of sp³-hybridized carbons (Fsp3) is 0.192. The van der Waals surface area contributed by atoms with Gasteiger partial charge in [0.15, 0.2) is 5.16 Å². The van der Waals surface area contributed by atoms with E-state index in [0.29, 0.717) is 22.6 Å². The summed E-state index contributed by atoms with van der Waals surface area (Å²) in [6.45, 7) is 6.51. The molecule has 162 valence electrons.